The molecule has 0 radical (unpaired) electrons. The Morgan fingerprint density at radius 3 is 3.22 bits per heavy atom. The van der Waals surface area contributed by atoms with Crippen molar-refractivity contribution in [2.24, 2.45) is 5.11 Å². The Bertz CT molecular complexity index is 551. The number of nitrogens with two attached hydrogens (primary N) is 1. The monoisotopic (exact) mass is 252 g/mol. The molecule has 0 aliphatic carbocycles. The summed E-state index contributed by atoms with van der Waals surface area (Å²) in [6.45, 7) is -0.440. The zero-order chi connectivity index (χ0) is 13.2. The van der Waals surface area contributed by atoms with E-state index in [1.54, 1.807) is 0 Å². The number of aliphatic hydroxyl groups is 1. The lowest BCUT2D eigenvalue weighted by atomic mass is 10.1. The van der Waals surface area contributed by atoms with Crippen molar-refractivity contribution >= 4 is 5.82 Å². The first-order chi connectivity index (χ1) is 8.60. The molecule has 1 saturated heterocycles. The van der Waals surface area contributed by atoms with E-state index in [4.69, 9.17) is 16.0 Å². The van der Waals surface area contributed by atoms with Crippen LogP contribution >= 0.6 is 0 Å². The van der Waals surface area contributed by atoms with E-state index in [1.807, 2.05) is 0 Å². The highest BCUT2D eigenvalue weighted by Gasteiger charge is 2.40. The molecule has 1 aliphatic heterocycles. The van der Waals surface area contributed by atoms with Gasteiger partial charge in [-0.25, -0.2) is 4.79 Å². The van der Waals surface area contributed by atoms with E-state index in [2.05, 4.69) is 15.0 Å². The van der Waals surface area contributed by atoms with Crippen molar-refractivity contribution in [3.63, 3.8) is 0 Å². The van der Waals surface area contributed by atoms with Gasteiger partial charge in [-0.2, -0.15) is 4.98 Å². The van der Waals surface area contributed by atoms with E-state index in [1.165, 1.54) is 16.8 Å². The maximum Gasteiger partial charge on any atom is 0.351 e. The van der Waals surface area contributed by atoms with Crippen LogP contribution in [0.1, 0.15) is 19.1 Å². The largest absolute Gasteiger partial charge is 0.393 e. The third-order valence-corrected chi connectivity index (χ3v) is 2.77. The maximum absolute atomic E-state index is 11.6. The highest BCUT2D eigenvalue weighted by molar-refractivity contribution is 5.23. The Morgan fingerprint density at radius 2 is 2.61 bits per heavy atom. The van der Waals surface area contributed by atoms with Gasteiger partial charge in [-0.1, -0.05) is 5.11 Å². The van der Waals surface area contributed by atoms with Gasteiger partial charge in [-0.15, -0.1) is 0 Å². The lowest BCUT2D eigenvalue weighted by molar-refractivity contribution is -0.0950. The molecular formula is C9H12N6O3. The molecule has 0 spiro atoms. The Labute approximate surface area is 101 Å². The number of ether oxygens (including phenoxy) is 1. The summed E-state index contributed by atoms with van der Waals surface area (Å²) in [5, 5.41) is 12.7. The van der Waals surface area contributed by atoms with Crippen molar-refractivity contribution in [1.82, 2.24) is 9.55 Å². The Kier molecular flexibility index (Phi) is 3.19. The molecule has 1 aromatic heterocycles. The van der Waals surface area contributed by atoms with Crippen LogP contribution in [0.5, 0.6) is 0 Å². The van der Waals surface area contributed by atoms with E-state index in [0.717, 1.165) is 0 Å². The summed E-state index contributed by atoms with van der Waals surface area (Å²) in [5.41, 5.74) is 12.0. The predicted molar refractivity (Wildman–Crippen MR) is 61.2 cm³/mol. The van der Waals surface area contributed by atoms with Gasteiger partial charge in [-0.3, -0.25) is 4.57 Å². The van der Waals surface area contributed by atoms with Gasteiger partial charge in [0.1, 0.15) is 12.0 Å². The summed E-state index contributed by atoms with van der Waals surface area (Å²) >= 11 is 0. The number of hydrogen-bond donors (Lipinski definition) is 2. The molecule has 96 valence electrons. The van der Waals surface area contributed by atoms with Crippen molar-refractivity contribution in [2.75, 3.05) is 12.3 Å². The second-order valence-electron chi connectivity index (χ2n) is 3.95. The zero-order valence-corrected chi connectivity index (χ0v) is 9.43. The quantitative estimate of drug-likeness (QED) is 0.447. The van der Waals surface area contributed by atoms with E-state index < -0.39 is 24.2 Å². The minimum absolute atomic E-state index is 0.123. The van der Waals surface area contributed by atoms with Crippen LogP contribution in [0.4, 0.5) is 5.82 Å². The van der Waals surface area contributed by atoms with Crippen LogP contribution < -0.4 is 11.4 Å². The van der Waals surface area contributed by atoms with Crippen LogP contribution in [-0.2, 0) is 4.74 Å². The Balaban J connectivity index is 2.28. The van der Waals surface area contributed by atoms with Crippen molar-refractivity contribution in [1.29, 1.82) is 0 Å². The molecule has 3 N–H and O–H groups in total. The first kappa shape index (κ1) is 12.4. The predicted octanol–water partition coefficient (Wildman–Crippen LogP) is 0.133. The molecule has 1 unspecified atom stereocenters. The number of aromatic nitrogens is 2. The number of anilines is 1. The van der Waals surface area contributed by atoms with E-state index in [-0.39, 0.29) is 5.82 Å². The molecule has 2 rings (SSSR count). The summed E-state index contributed by atoms with van der Waals surface area (Å²) < 4.78 is 6.71. The van der Waals surface area contributed by atoms with Crippen LogP contribution in [0.2, 0.25) is 0 Å². The van der Waals surface area contributed by atoms with Gasteiger partial charge in [-0.05, 0) is 24.4 Å². The van der Waals surface area contributed by atoms with E-state index in [9.17, 15) is 9.90 Å². The molecule has 2 heterocycles. The van der Waals surface area contributed by atoms with E-state index >= 15 is 0 Å². The second-order valence-corrected chi connectivity index (χ2v) is 3.95. The average Bonchev–Trinajstić information content (AvgIpc) is 2.74. The van der Waals surface area contributed by atoms with Crippen molar-refractivity contribution < 1.29 is 9.84 Å². The lowest BCUT2D eigenvalue weighted by Crippen LogP contribution is -2.32. The van der Waals surface area contributed by atoms with Gasteiger partial charge in [0.15, 0.2) is 5.72 Å². The lowest BCUT2D eigenvalue weighted by Gasteiger charge is -2.21. The summed E-state index contributed by atoms with van der Waals surface area (Å²) in [6, 6.07) is 1.47. The molecule has 1 aromatic rings. The number of rotatable bonds is 3. The number of nitrogen functional groups attached to an aromatic ring is 1. The summed E-state index contributed by atoms with van der Waals surface area (Å²) in [4.78, 5) is 17.8. The van der Waals surface area contributed by atoms with Gasteiger partial charge in [0.2, 0.25) is 0 Å². The van der Waals surface area contributed by atoms with Crippen LogP contribution in [0, 0.1) is 0 Å². The van der Waals surface area contributed by atoms with Crippen molar-refractivity contribution in [3.05, 3.63) is 33.2 Å². The molecule has 0 amide bonds. The fourth-order valence-corrected chi connectivity index (χ4v) is 1.86. The topological polar surface area (TPSA) is 139 Å². The smallest absolute Gasteiger partial charge is 0.351 e. The molecular weight excluding hydrogens is 240 g/mol. The molecule has 18 heavy (non-hydrogen) atoms. The fraction of sp³-hybridized carbons (Fsp3) is 0.556. The molecule has 2 atom stereocenters. The van der Waals surface area contributed by atoms with Crippen molar-refractivity contribution in [3.8, 4) is 0 Å². The first-order valence-corrected chi connectivity index (χ1v) is 5.30. The number of azide groups is 1. The minimum atomic E-state index is -1.31. The van der Waals surface area contributed by atoms with Gasteiger partial charge >= 0.3 is 5.69 Å². The molecule has 0 aromatic carbocycles. The van der Waals surface area contributed by atoms with Crippen LogP contribution in [0.15, 0.2) is 22.2 Å². The first-order valence-electron chi connectivity index (χ1n) is 5.30. The fourth-order valence-electron chi connectivity index (χ4n) is 1.86. The van der Waals surface area contributed by atoms with Gasteiger partial charge in [0.05, 0.1) is 6.61 Å². The maximum atomic E-state index is 11.6. The van der Waals surface area contributed by atoms with Gasteiger partial charge in [0, 0.05) is 11.1 Å². The molecule has 9 heteroatoms. The highest BCUT2D eigenvalue weighted by atomic mass is 16.6. The SMILES string of the molecule is [N-]=[N+]=N[C@@]1(CO)CCC(n2ccc(N)nc2=O)O1. The summed E-state index contributed by atoms with van der Waals surface area (Å²) in [5.74, 6) is 0.123. The summed E-state index contributed by atoms with van der Waals surface area (Å²) in [7, 11) is 0. The minimum Gasteiger partial charge on any atom is -0.393 e. The van der Waals surface area contributed by atoms with Gasteiger partial charge < -0.3 is 15.6 Å². The van der Waals surface area contributed by atoms with Crippen LogP contribution in [0.3, 0.4) is 0 Å². The second kappa shape index (κ2) is 4.65. The normalized spacial score (nSPS) is 26.8. The molecule has 9 nitrogen and oxygen atoms in total. The standard InChI is InChI=1S/C9H12N6O3/c10-6-2-4-15(8(17)12-6)7-1-3-9(5-16,18-7)13-14-11/h2,4,7,16H,1,3,5H2,(H2,10,12,17)/t7?,9-/m0/s1. The zero-order valence-electron chi connectivity index (χ0n) is 9.43. The molecule has 0 bridgehead atoms. The number of hydrogen-bond acceptors (Lipinski definition) is 6. The number of nitrogens with zero attached hydrogens (tertiary/aromatic N) is 5. The Hall–Kier alpha value is -2.09. The molecule has 1 fully saturated rings. The highest BCUT2D eigenvalue weighted by Crippen LogP contribution is 2.36. The molecule has 0 saturated carbocycles. The summed E-state index contributed by atoms with van der Waals surface area (Å²) in [6.07, 6.45) is 1.60. The van der Waals surface area contributed by atoms with Crippen molar-refractivity contribution in [2.45, 2.75) is 24.8 Å². The Morgan fingerprint density at radius 1 is 1.83 bits per heavy atom. The van der Waals surface area contributed by atoms with Crippen LogP contribution in [0.25, 0.3) is 10.4 Å². The van der Waals surface area contributed by atoms with Gasteiger partial charge in [0.25, 0.3) is 0 Å². The average molecular weight is 252 g/mol. The van der Waals surface area contributed by atoms with E-state index in [0.29, 0.717) is 12.8 Å². The third-order valence-electron chi connectivity index (χ3n) is 2.77. The third kappa shape index (κ3) is 2.14. The number of aliphatic hydroxyl groups excluding tert-OH is 1. The molecule has 1 aliphatic rings. The van der Waals surface area contributed by atoms with Crippen LogP contribution in [-0.4, -0.2) is 27.0 Å².